The van der Waals surface area contributed by atoms with Crippen molar-refractivity contribution in [2.75, 3.05) is 6.54 Å². The maximum absolute atomic E-state index is 14.0. The molecule has 0 aromatic heterocycles. The Morgan fingerprint density at radius 2 is 2.05 bits per heavy atom. The lowest BCUT2D eigenvalue weighted by atomic mass is 10.0. The molecule has 1 aliphatic carbocycles. The van der Waals surface area contributed by atoms with E-state index >= 15 is 0 Å². The Hall–Kier alpha value is -1.29. The van der Waals surface area contributed by atoms with Gasteiger partial charge < -0.3 is 10.6 Å². The van der Waals surface area contributed by atoms with Crippen molar-refractivity contribution in [1.29, 1.82) is 0 Å². The highest BCUT2D eigenvalue weighted by molar-refractivity contribution is 6.30. The molecule has 1 aliphatic heterocycles. The molecule has 1 atom stereocenters. The second kappa shape index (κ2) is 5.00. The van der Waals surface area contributed by atoms with Gasteiger partial charge in [0, 0.05) is 16.6 Å². The van der Waals surface area contributed by atoms with Crippen LogP contribution in [0.1, 0.15) is 37.3 Å². The Balaban J connectivity index is 1.93. The summed E-state index contributed by atoms with van der Waals surface area (Å²) in [5.74, 6) is 0.304. The molecule has 0 radical (unpaired) electrons. The van der Waals surface area contributed by atoms with Crippen molar-refractivity contribution < 1.29 is 4.39 Å². The van der Waals surface area contributed by atoms with Crippen molar-refractivity contribution in [2.45, 2.75) is 37.8 Å². The molecule has 1 unspecified atom stereocenters. The summed E-state index contributed by atoms with van der Waals surface area (Å²) in [6, 6.07) is 4.95. The maximum atomic E-state index is 14.0. The quantitative estimate of drug-likeness (QED) is 0.905. The number of benzene rings is 1. The molecule has 1 fully saturated rings. The second-order valence-corrected chi connectivity index (χ2v) is 5.66. The average Bonchev–Trinajstić information content (AvgIpc) is 3.01. The van der Waals surface area contributed by atoms with Crippen molar-refractivity contribution in [3.8, 4) is 0 Å². The highest BCUT2D eigenvalue weighted by Gasteiger charge is 2.35. The topological polar surface area (TPSA) is 41.6 Å². The van der Waals surface area contributed by atoms with Crippen LogP contribution in [-0.2, 0) is 0 Å². The summed E-state index contributed by atoms with van der Waals surface area (Å²) in [6.45, 7) is 0.513. The van der Waals surface area contributed by atoms with Crippen LogP contribution in [0, 0.1) is 5.82 Å². The summed E-state index contributed by atoms with van der Waals surface area (Å²) < 4.78 is 14.0. The average molecular weight is 282 g/mol. The molecule has 5 heteroatoms. The van der Waals surface area contributed by atoms with E-state index in [4.69, 9.17) is 17.3 Å². The minimum Gasteiger partial charge on any atom is -0.370 e. The Bertz CT molecular complexity index is 511. The van der Waals surface area contributed by atoms with E-state index in [0.29, 0.717) is 29.1 Å². The van der Waals surface area contributed by atoms with E-state index in [1.54, 1.807) is 12.1 Å². The summed E-state index contributed by atoms with van der Waals surface area (Å²) in [4.78, 5) is 6.39. The summed E-state index contributed by atoms with van der Waals surface area (Å²) in [6.07, 6.45) is 4.63. The number of hydrogen-bond donors (Lipinski definition) is 1. The van der Waals surface area contributed by atoms with Gasteiger partial charge in [0.1, 0.15) is 5.82 Å². The molecule has 0 spiro atoms. The zero-order chi connectivity index (χ0) is 13.4. The number of nitrogens with two attached hydrogens (primary N) is 1. The minimum absolute atomic E-state index is 0.109. The van der Waals surface area contributed by atoms with E-state index in [1.165, 1.54) is 18.9 Å². The fourth-order valence-electron chi connectivity index (χ4n) is 3.15. The maximum Gasteiger partial charge on any atom is 0.192 e. The fourth-order valence-corrected chi connectivity index (χ4v) is 3.33. The summed E-state index contributed by atoms with van der Waals surface area (Å²) in [5, 5.41) is 0.549. The minimum atomic E-state index is -0.234. The molecule has 2 N–H and O–H groups in total. The largest absolute Gasteiger partial charge is 0.370 e. The van der Waals surface area contributed by atoms with Crippen LogP contribution in [0.25, 0.3) is 0 Å². The van der Waals surface area contributed by atoms with Crippen molar-refractivity contribution in [3.05, 3.63) is 34.6 Å². The van der Waals surface area contributed by atoms with Gasteiger partial charge in [0.15, 0.2) is 5.96 Å². The SMILES string of the molecule is NC1=NCC(c2cc(Cl)ccc2F)N1C1CCCC1. The van der Waals surface area contributed by atoms with Crippen LogP contribution >= 0.6 is 11.6 Å². The molecule has 1 aromatic carbocycles. The van der Waals surface area contributed by atoms with Crippen LogP contribution in [0.15, 0.2) is 23.2 Å². The van der Waals surface area contributed by atoms with Crippen LogP contribution in [0.5, 0.6) is 0 Å². The van der Waals surface area contributed by atoms with E-state index < -0.39 is 0 Å². The predicted octanol–water partition coefficient (Wildman–Crippen LogP) is 3.09. The Morgan fingerprint density at radius 1 is 1.32 bits per heavy atom. The third kappa shape index (κ3) is 2.29. The first-order chi connectivity index (χ1) is 9.16. The van der Waals surface area contributed by atoms with E-state index in [9.17, 15) is 4.39 Å². The fraction of sp³-hybridized carbons (Fsp3) is 0.500. The number of halogens is 2. The number of aliphatic imine (C=N–C) groups is 1. The molecular formula is C14H17ClFN3. The molecule has 3 nitrogen and oxygen atoms in total. The van der Waals surface area contributed by atoms with E-state index in [-0.39, 0.29) is 11.9 Å². The number of guanidine groups is 1. The molecule has 2 aliphatic rings. The van der Waals surface area contributed by atoms with E-state index in [0.717, 1.165) is 12.8 Å². The lowest BCUT2D eigenvalue weighted by molar-refractivity contribution is 0.257. The van der Waals surface area contributed by atoms with Crippen LogP contribution in [0.4, 0.5) is 4.39 Å². The van der Waals surface area contributed by atoms with Crippen molar-refractivity contribution >= 4 is 17.6 Å². The molecule has 3 rings (SSSR count). The van der Waals surface area contributed by atoms with Gasteiger partial charge in [-0.1, -0.05) is 24.4 Å². The van der Waals surface area contributed by atoms with E-state index in [2.05, 4.69) is 9.89 Å². The first kappa shape index (κ1) is 12.7. The highest BCUT2D eigenvalue weighted by Crippen LogP contribution is 2.35. The second-order valence-electron chi connectivity index (χ2n) is 5.23. The molecule has 1 heterocycles. The summed E-state index contributed by atoms with van der Waals surface area (Å²) in [5.41, 5.74) is 6.60. The number of rotatable bonds is 2. The van der Waals surface area contributed by atoms with Crippen molar-refractivity contribution in [2.24, 2.45) is 10.7 Å². The number of nitrogens with zero attached hydrogens (tertiary/aromatic N) is 2. The van der Waals surface area contributed by atoms with E-state index in [1.807, 2.05) is 0 Å². The first-order valence-electron chi connectivity index (χ1n) is 6.70. The van der Waals surface area contributed by atoms with Crippen molar-refractivity contribution in [1.82, 2.24) is 4.90 Å². The lowest BCUT2D eigenvalue weighted by Gasteiger charge is -2.32. The van der Waals surface area contributed by atoms with Gasteiger partial charge in [-0.25, -0.2) is 4.39 Å². The van der Waals surface area contributed by atoms with Gasteiger partial charge in [-0.2, -0.15) is 0 Å². The summed E-state index contributed by atoms with van der Waals surface area (Å²) in [7, 11) is 0. The molecule has 1 saturated carbocycles. The van der Waals surface area contributed by atoms with Gasteiger partial charge in [-0.3, -0.25) is 4.99 Å². The molecule has 0 saturated heterocycles. The van der Waals surface area contributed by atoms with Crippen LogP contribution < -0.4 is 5.73 Å². The Labute approximate surface area is 117 Å². The Morgan fingerprint density at radius 3 is 2.79 bits per heavy atom. The molecule has 1 aromatic rings. The molecule has 102 valence electrons. The molecule has 0 bridgehead atoms. The molecular weight excluding hydrogens is 265 g/mol. The standard InChI is InChI=1S/C14H17ClFN3/c15-9-5-6-12(16)11(7-9)13-8-18-14(17)19(13)10-3-1-2-4-10/h5-7,10,13H,1-4,8H2,(H2,17,18). The zero-order valence-corrected chi connectivity index (χ0v) is 11.4. The summed E-state index contributed by atoms with van der Waals surface area (Å²) >= 11 is 5.99. The first-order valence-corrected chi connectivity index (χ1v) is 7.08. The molecule has 0 amide bonds. The highest BCUT2D eigenvalue weighted by atomic mass is 35.5. The third-order valence-corrected chi connectivity index (χ3v) is 4.30. The van der Waals surface area contributed by atoms with Gasteiger partial charge >= 0.3 is 0 Å². The predicted molar refractivity (Wildman–Crippen MR) is 74.7 cm³/mol. The van der Waals surface area contributed by atoms with Gasteiger partial charge in [0.2, 0.25) is 0 Å². The van der Waals surface area contributed by atoms with Gasteiger partial charge in [0.05, 0.1) is 12.6 Å². The van der Waals surface area contributed by atoms with Gasteiger partial charge in [0.25, 0.3) is 0 Å². The van der Waals surface area contributed by atoms with Gasteiger partial charge in [-0.05, 0) is 31.0 Å². The normalized spacial score (nSPS) is 24.0. The monoisotopic (exact) mass is 281 g/mol. The third-order valence-electron chi connectivity index (χ3n) is 4.06. The van der Waals surface area contributed by atoms with Gasteiger partial charge in [-0.15, -0.1) is 0 Å². The van der Waals surface area contributed by atoms with Crippen LogP contribution in [-0.4, -0.2) is 23.4 Å². The van der Waals surface area contributed by atoms with Crippen LogP contribution in [0.2, 0.25) is 5.02 Å². The molecule has 19 heavy (non-hydrogen) atoms. The van der Waals surface area contributed by atoms with Crippen molar-refractivity contribution in [3.63, 3.8) is 0 Å². The van der Waals surface area contributed by atoms with Crippen LogP contribution in [0.3, 0.4) is 0 Å². The number of hydrogen-bond acceptors (Lipinski definition) is 3. The lowest BCUT2D eigenvalue weighted by Crippen LogP contribution is -2.42. The Kier molecular flexibility index (Phi) is 3.35. The zero-order valence-electron chi connectivity index (χ0n) is 10.6. The smallest absolute Gasteiger partial charge is 0.192 e.